The molecular weight excluding hydrogens is 382 g/mol. The van der Waals surface area contributed by atoms with E-state index in [9.17, 15) is 13.2 Å². The minimum absolute atomic E-state index is 0.165. The Balaban J connectivity index is 1.76. The second-order valence-electron chi connectivity index (χ2n) is 8.26. The standard InChI is InChI=1S/C19H27N3O3S2/c1-19(2,3)17(23)21(4)13-9-11-22(12-10-13)18-20-16-14(26-18)7-6-8-15(16)27(5,24)25/h6-8,13H,9-12H2,1-5H3. The maximum Gasteiger partial charge on any atom is 0.227 e. The number of nitrogens with zero attached hydrogens (tertiary/aromatic N) is 3. The Morgan fingerprint density at radius 1 is 1.26 bits per heavy atom. The quantitative estimate of drug-likeness (QED) is 0.779. The fraction of sp³-hybridized carbons (Fsp3) is 0.579. The summed E-state index contributed by atoms with van der Waals surface area (Å²) in [5.41, 5.74) is 0.184. The molecule has 148 valence electrons. The summed E-state index contributed by atoms with van der Waals surface area (Å²) in [5, 5.41) is 0.851. The van der Waals surface area contributed by atoms with Crippen LogP contribution in [0.1, 0.15) is 33.6 Å². The molecule has 2 aromatic rings. The van der Waals surface area contributed by atoms with Gasteiger partial charge < -0.3 is 9.80 Å². The fourth-order valence-corrected chi connectivity index (χ4v) is 5.43. The molecule has 1 amide bonds. The van der Waals surface area contributed by atoms with Gasteiger partial charge in [-0.15, -0.1) is 0 Å². The molecule has 6 nitrogen and oxygen atoms in total. The van der Waals surface area contributed by atoms with Crippen LogP contribution in [0.25, 0.3) is 10.2 Å². The minimum Gasteiger partial charge on any atom is -0.348 e. The van der Waals surface area contributed by atoms with E-state index in [0.29, 0.717) is 5.52 Å². The Labute approximate surface area is 165 Å². The number of benzene rings is 1. The summed E-state index contributed by atoms with van der Waals surface area (Å²) < 4.78 is 24.9. The number of rotatable bonds is 3. The Morgan fingerprint density at radius 2 is 1.89 bits per heavy atom. The lowest BCUT2D eigenvalue weighted by molar-refractivity contribution is -0.140. The molecule has 2 heterocycles. The van der Waals surface area contributed by atoms with Gasteiger partial charge in [0.15, 0.2) is 15.0 Å². The van der Waals surface area contributed by atoms with Crippen molar-refractivity contribution in [2.45, 2.75) is 44.6 Å². The van der Waals surface area contributed by atoms with Crippen molar-refractivity contribution >= 4 is 42.4 Å². The predicted molar refractivity (Wildman–Crippen MR) is 110 cm³/mol. The predicted octanol–water partition coefficient (Wildman–Crippen LogP) is 3.17. The molecule has 1 aromatic heterocycles. The molecule has 3 rings (SSSR count). The first-order valence-electron chi connectivity index (χ1n) is 9.10. The van der Waals surface area contributed by atoms with Gasteiger partial charge in [0.1, 0.15) is 5.52 Å². The lowest BCUT2D eigenvalue weighted by Gasteiger charge is -2.38. The van der Waals surface area contributed by atoms with Gasteiger partial charge in [-0.1, -0.05) is 38.2 Å². The lowest BCUT2D eigenvalue weighted by atomic mass is 9.93. The van der Waals surface area contributed by atoms with Crippen molar-refractivity contribution in [3.05, 3.63) is 18.2 Å². The highest BCUT2D eigenvalue weighted by Crippen LogP contribution is 2.34. The molecule has 1 aliphatic heterocycles. The zero-order valence-corrected chi connectivity index (χ0v) is 18.2. The Hall–Kier alpha value is -1.67. The van der Waals surface area contributed by atoms with Crippen LogP contribution < -0.4 is 4.90 Å². The second-order valence-corrected chi connectivity index (χ2v) is 11.2. The minimum atomic E-state index is -3.31. The Morgan fingerprint density at radius 3 is 2.44 bits per heavy atom. The second kappa shape index (κ2) is 7.05. The van der Waals surface area contributed by atoms with Crippen molar-refractivity contribution < 1.29 is 13.2 Å². The average Bonchev–Trinajstić information content (AvgIpc) is 3.03. The summed E-state index contributed by atoms with van der Waals surface area (Å²) in [5.74, 6) is 0.165. The summed E-state index contributed by atoms with van der Waals surface area (Å²) in [7, 11) is -1.42. The lowest BCUT2D eigenvalue weighted by Crippen LogP contribution is -2.48. The SMILES string of the molecule is CN(C(=O)C(C)(C)C)C1CCN(c2nc3c(S(C)(=O)=O)cccc3s2)CC1. The molecule has 8 heteroatoms. The molecule has 1 aromatic carbocycles. The number of fused-ring (bicyclic) bond motifs is 1. The molecule has 0 spiro atoms. The van der Waals surface area contributed by atoms with Crippen molar-refractivity contribution in [3.63, 3.8) is 0 Å². The van der Waals surface area contributed by atoms with E-state index in [1.54, 1.807) is 12.1 Å². The van der Waals surface area contributed by atoms with Gasteiger partial charge in [0.2, 0.25) is 5.91 Å². The molecule has 0 bridgehead atoms. The van der Waals surface area contributed by atoms with Crippen LogP contribution in [-0.4, -0.2) is 56.6 Å². The Kier molecular flexibility index (Phi) is 5.24. The summed E-state index contributed by atoms with van der Waals surface area (Å²) in [6.45, 7) is 7.45. The number of aromatic nitrogens is 1. The van der Waals surface area contributed by atoms with Crippen LogP contribution in [0.3, 0.4) is 0 Å². The highest BCUT2D eigenvalue weighted by atomic mass is 32.2. The van der Waals surface area contributed by atoms with E-state index in [2.05, 4.69) is 9.88 Å². The third kappa shape index (κ3) is 4.11. The third-order valence-corrected chi connectivity index (χ3v) is 7.22. The third-order valence-electron chi connectivity index (χ3n) is 5.01. The van der Waals surface area contributed by atoms with Crippen molar-refractivity contribution in [2.75, 3.05) is 31.3 Å². The molecule has 0 saturated carbocycles. The molecule has 1 saturated heterocycles. The van der Waals surface area contributed by atoms with Crippen molar-refractivity contribution in [1.82, 2.24) is 9.88 Å². The summed E-state index contributed by atoms with van der Waals surface area (Å²) in [6, 6.07) is 5.52. The van der Waals surface area contributed by atoms with Crippen LogP contribution in [-0.2, 0) is 14.6 Å². The Bertz CT molecular complexity index is 952. The highest BCUT2D eigenvalue weighted by Gasteiger charge is 2.32. The highest BCUT2D eigenvalue weighted by molar-refractivity contribution is 7.91. The molecule has 0 N–H and O–H groups in total. The molecule has 1 fully saturated rings. The molecule has 1 aliphatic rings. The van der Waals surface area contributed by atoms with Crippen LogP contribution in [0.2, 0.25) is 0 Å². The molecule has 0 atom stereocenters. The first kappa shape index (κ1) is 20.1. The number of sulfone groups is 1. The van der Waals surface area contributed by atoms with E-state index in [1.165, 1.54) is 17.6 Å². The van der Waals surface area contributed by atoms with Crippen LogP contribution >= 0.6 is 11.3 Å². The summed E-state index contributed by atoms with van der Waals surface area (Å²) in [6.07, 6.45) is 2.98. The van der Waals surface area contributed by atoms with Gasteiger partial charge >= 0.3 is 0 Å². The van der Waals surface area contributed by atoms with E-state index in [1.807, 2.05) is 38.8 Å². The van der Waals surface area contributed by atoms with Gasteiger partial charge in [0.05, 0.1) is 9.60 Å². The van der Waals surface area contributed by atoms with Gasteiger partial charge in [-0.25, -0.2) is 13.4 Å². The van der Waals surface area contributed by atoms with Gasteiger partial charge in [-0.05, 0) is 25.0 Å². The molecule has 0 radical (unpaired) electrons. The van der Waals surface area contributed by atoms with E-state index in [4.69, 9.17) is 0 Å². The molecular formula is C19H27N3O3S2. The van der Waals surface area contributed by atoms with Crippen LogP contribution in [0.15, 0.2) is 23.1 Å². The summed E-state index contributed by atoms with van der Waals surface area (Å²) in [4.78, 5) is 21.5. The van der Waals surface area contributed by atoms with E-state index in [-0.39, 0.29) is 22.3 Å². The number of thiazole rings is 1. The monoisotopic (exact) mass is 409 g/mol. The largest absolute Gasteiger partial charge is 0.348 e. The van der Waals surface area contributed by atoms with E-state index < -0.39 is 9.84 Å². The summed E-state index contributed by atoms with van der Waals surface area (Å²) >= 11 is 1.52. The molecule has 0 unspecified atom stereocenters. The number of amides is 1. The number of carbonyl (C=O) groups excluding carboxylic acids is 1. The first-order valence-corrected chi connectivity index (χ1v) is 11.8. The normalized spacial score (nSPS) is 16.7. The maximum atomic E-state index is 12.5. The number of carbonyl (C=O) groups is 1. The van der Waals surface area contributed by atoms with Gasteiger partial charge in [-0.2, -0.15) is 0 Å². The topological polar surface area (TPSA) is 70.6 Å². The zero-order valence-electron chi connectivity index (χ0n) is 16.5. The molecule has 0 aliphatic carbocycles. The number of hydrogen-bond acceptors (Lipinski definition) is 6. The fourth-order valence-electron chi connectivity index (χ4n) is 3.49. The van der Waals surface area contributed by atoms with Gasteiger partial charge in [-0.3, -0.25) is 4.79 Å². The van der Waals surface area contributed by atoms with Crippen LogP contribution in [0.5, 0.6) is 0 Å². The number of anilines is 1. The zero-order chi connectivity index (χ0) is 20.0. The van der Waals surface area contributed by atoms with E-state index in [0.717, 1.165) is 35.8 Å². The van der Waals surface area contributed by atoms with Crippen LogP contribution in [0, 0.1) is 5.41 Å². The maximum absolute atomic E-state index is 12.5. The molecule has 27 heavy (non-hydrogen) atoms. The number of piperidine rings is 1. The number of hydrogen-bond donors (Lipinski definition) is 0. The number of para-hydroxylation sites is 1. The van der Waals surface area contributed by atoms with Crippen molar-refractivity contribution in [3.8, 4) is 0 Å². The van der Waals surface area contributed by atoms with Crippen molar-refractivity contribution in [2.24, 2.45) is 5.41 Å². The van der Waals surface area contributed by atoms with Crippen molar-refractivity contribution in [1.29, 1.82) is 0 Å². The smallest absolute Gasteiger partial charge is 0.227 e. The van der Waals surface area contributed by atoms with Gasteiger partial charge in [0, 0.05) is 37.8 Å². The average molecular weight is 410 g/mol. The van der Waals surface area contributed by atoms with Crippen LogP contribution in [0.4, 0.5) is 5.13 Å². The first-order chi connectivity index (χ1) is 12.5. The van der Waals surface area contributed by atoms with E-state index >= 15 is 0 Å². The van der Waals surface area contributed by atoms with Gasteiger partial charge in [0.25, 0.3) is 0 Å².